The van der Waals surface area contributed by atoms with Crippen LogP contribution in [0.5, 0.6) is 0 Å². The van der Waals surface area contributed by atoms with E-state index in [0.29, 0.717) is 5.03 Å². The van der Waals surface area contributed by atoms with Gasteiger partial charge in [-0.3, -0.25) is 0 Å². The molecule has 3 nitrogen and oxygen atoms in total. The number of aromatic nitrogens is 3. The zero-order valence-corrected chi connectivity index (χ0v) is 10.1. The van der Waals surface area contributed by atoms with E-state index < -0.39 is 5.95 Å². The van der Waals surface area contributed by atoms with E-state index in [1.165, 1.54) is 29.2 Å². The predicted octanol–water partition coefficient (Wildman–Crippen LogP) is 2.95. The molecular weight excluding hydrogens is 253 g/mol. The van der Waals surface area contributed by atoms with E-state index in [1.807, 2.05) is 6.26 Å². The van der Waals surface area contributed by atoms with Crippen molar-refractivity contribution in [3.05, 3.63) is 24.1 Å². The molecule has 78 valence electrons. The third kappa shape index (κ3) is 2.90. The van der Waals surface area contributed by atoms with Crippen LogP contribution in [0, 0.1) is 5.95 Å². The summed E-state index contributed by atoms with van der Waals surface area (Å²) in [6, 6.07) is 4.69. The first-order valence-corrected chi connectivity index (χ1v) is 6.81. The van der Waals surface area contributed by atoms with Crippen LogP contribution in [0.4, 0.5) is 4.39 Å². The minimum absolute atomic E-state index is 0.477. The van der Waals surface area contributed by atoms with Crippen LogP contribution in [0.25, 0.3) is 0 Å². The normalized spacial score (nSPS) is 10.5. The highest BCUT2D eigenvalue weighted by Gasteiger charge is 2.06. The van der Waals surface area contributed by atoms with Gasteiger partial charge in [0.2, 0.25) is 5.95 Å². The molecule has 0 saturated carbocycles. The Morgan fingerprint density at radius 3 is 2.73 bits per heavy atom. The number of hydrogen-bond acceptors (Lipinski definition) is 6. The van der Waals surface area contributed by atoms with Crippen LogP contribution in [0.3, 0.4) is 0 Å². The Balaban J connectivity index is 2.14. The van der Waals surface area contributed by atoms with Crippen LogP contribution in [-0.2, 0) is 0 Å². The number of halogens is 1. The van der Waals surface area contributed by atoms with Gasteiger partial charge in [-0.15, -0.1) is 10.2 Å². The lowest BCUT2D eigenvalue weighted by atomic mass is 10.5. The minimum atomic E-state index is -0.477. The largest absolute Gasteiger partial charge is 0.213 e. The molecule has 0 aliphatic heterocycles. The van der Waals surface area contributed by atoms with E-state index in [2.05, 4.69) is 15.2 Å². The van der Waals surface area contributed by atoms with E-state index in [4.69, 9.17) is 0 Å². The van der Waals surface area contributed by atoms with Gasteiger partial charge in [0.1, 0.15) is 5.03 Å². The van der Waals surface area contributed by atoms with Crippen molar-refractivity contribution in [2.24, 2.45) is 0 Å². The Labute approximate surface area is 98.5 Å². The van der Waals surface area contributed by atoms with Crippen molar-refractivity contribution >= 4 is 34.9 Å². The van der Waals surface area contributed by atoms with E-state index in [-0.39, 0.29) is 0 Å². The Morgan fingerprint density at radius 1 is 1.27 bits per heavy atom. The van der Waals surface area contributed by atoms with Crippen molar-refractivity contribution in [3.63, 3.8) is 0 Å². The summed E-state index contributed by atoms with van der Waals surface area (Å²) in [5.41, 5.74) is 0. The monoisotopic (exact) mass is 259 g/mol. The molecule has 0 saturated heterocycles. The summed E-state index contributed by atoms with van der Waals surface area (Å²) in [5.74, 6) is -0.477. The molecule has 2 aromatic rings. The van der Waals surface area contributed by atoms with Crippen molar-refractivity contribution in [3.8, 4) is 0 Å². The van der Waals surface area contributed by atoms with E-state index >= 15 is 0 Å². The van der Waals surface area contributed by atoms with Crippen LogP contribution in [0.2, 0.25) is 0 Å². The number of hydrogen-bond donors (Lipinski definition) is 0. The van der Waals surface area contributed by atoms with Gasteiger partial charge in [0.15, 0.2) is 8.68 Å². The average molecular weight is 259 g/mol. The van der Waals surface area contributed by atoms with Gasteiger partial charge < -0.3 is 0 Å². The fourth-order valence-corrected chi connectivity index (χ4v) is 3.22. The number of pyridine rings is 1. The molecule has 0 N–H and O–H groups in total. The number of thioether (sulfide) groups is 1. The minimum Gasteiger partial charge on any atom is -0.213 e. The SMILES string of the molecule is CSc1nnc(Sc2cccc(F)n2)s1. The first-order valence-electron chi connectivity index (χ1n) is 3.96. The smallest absolute Gasteiger partial charge is 0.213 e. The second-order valence-corrected chi connectivity index (χ2v) is 5.74. The second-order valence-electron chi connectivity index (χ2n) is 2.44. The van der Waals surface area contributed by atoms with Gasteiger partial charge >= 0.3 is 0 Å². The highest BCUT2D eigenvalue weighted by atomic mass is 32.2. The predicted molar refractivity (Wildman–Crippen MR) is 60.0 cm³/mol. The lowest BCUT2D eigenvalue weighted by Crippen LogP contribution is -1.83. The Kier molecular flexibility index (Phi) is 3.55. The van der Waals surface area contributed by atoms with Crippen molar-refractivity contribution < 1.29 is 4.39 Å². The zero-order chi connectivity index (χ0) is 10.7. The second kappa shape index (κ2) is 4.91. The molecule has 0 bridgehead atoms. The quantitative estimate of drug-likeness (QED) is 0.626. The first-order chi connectivity index (χ1) is 7.28. The summed E-state index contributed by atoms with van der Waals surface area (Å²) in [4.78, 5) is 3.73. The Morgan fingerprint density at radius 2 is 2.07 bits per heavy atom. The van der Waals surface area contributed by atoms with Crippen molar-refractivity contribution in [1.29, 1.82) is 0 Å². The van der Waals surface area contributed by atoms with Crippen LogP contribution in [0.1, 0.15) is 0 Å². The fourth-order valence-electron chi connectivity index (χ4n) is 0.857. The topological polar surface area (TPSA) is 38.7 Å². The molecule has 15 heavy (non-hydrogen) atoms. The molecular formula is C8H6FN3S3. The summed E-state index contributed by atoms with van der Waals surface area (Å²) >= 11 is 4.33. The molecule has 0 amide bonds. The third-order valence-electron chi connectivity index (χ3n) is 1.44. The standard InChI is InChI=1S/C8H6FN3S3/c1-13-7-11-12-8(15-7)14-6-4-2-3-5(9)10-6/h2-4H,1H3. The van der Waals surface area contributed by atoms with Gasteiger partial charge in [0, 0.05) is 0 Å². The summed E-state index contributed by atoms with van der Waals surface area (Å²) in [6.07, 6.45) is 1.94. The lowest BCUT2D eigenvalue weighted by Gasteiger charge is -1.94. The van der Waals surface area contributed by atoms with Crippen LogP contribution < -0.4 is 0 Å². The molecule has 0 aromatic carbocycles. The molecule has 0 fully saturated rings. The average Bonchev–Trinajstić information content (AvgIpc) is 2.65. The van der Waals surface area contributed by atoms with Gasteiger partial charge in [-0.2, -0.15) is 4.39 Å². The van der Waals surface area contributed by atoms with Crippen molar-refractivity contribution in [2.75, 3.05) is 6.26 Å². The lowest BCUT2D eigenvalue weighted by molar-refractivity contribution is 0.572. The van der Waals surface area contributed by atoms with E-state index in [1.54, 1.807) is 23.9 Å². The molecule has 0 spiro atoms. The maximum absolute atomic E-state index is 12.8. The maximum Gasteiger partial charge on any atom is 0.213 e. The molecule has 0 atom stereocenters. The van der Waals surface area contributed by atoms with Gasteiger partial charge in [-0.1, -0.05) is 29.2 Å². The molecule has 0 aliphatic rings. The summed E-state index contributed by atoms with van der Waals surface area (Å²) in [5, 5.41) is 8.50. The highest BCUT2D eigenvalue weighted by Crippen LogP contribution is 2.31. The van der Waals surface area contributed by atoms with Gasteiger partial charge in [0.05, 0.1) is 0 Å². The van der Waals surface area contributed by atoms with Crippen LogP contribution in [-0.4, -0.2) is 21.4 Å². The fraction of sp³-hybridized carbons (Fsp3) is 0.125. The van der Waals surface area contributed by atoms with Gasteiger partial charge in [-0.25, -0.2) is 4.98 Å². The highest BCUT2D eigenvalue weighted by molar-refractivity contribution is 8.02. The summed E-state index contributed by atoms with van der Waals surface area (Å²) in [7, 11) is 0. The van der Waals surface area contributed by atoms with Crippen LogP contribution in [0.15, 0.2) is 31.9 Å². The maximum atomic E-state index is 12.8. The summed E-state index contributed by atoms with van der Waals surface area (Å²) < 4.78 is 14.5. The van der Waals surface area contributed by atoms with Crippen molar-refractivity contribution in [2.45, 2.75) is 13.7 Å². The Hall–Kier alpha value is -0.660. The number of rotatable bonds is 3. The zero-order valence-electron chi connectivity index (χ0n) is 7.68. The molecule has 7 heteroatoms. The Bertz CT molecular complexity index is 460. The molecule has 2 rings (SSSR count). The molecule has 0 unspecified atom stereocenters. The number of nitrogens with zero attached hydrogens (tertiary/aromatic N) is 3. The summed E-state index contributed by atoms with van der Waals surface area (Å²) in [6.45, 7) is 0. The third-order valence-corrected chi connectivity index (χ3v) is 4.33. The molecule has 2 aromatic heterocycles. The molecule has 0 aliphatic carbocycles. The van der Waals surface area contributed by atoms with Crippen molar-refractivity contribution in [1.82, 2.24) is 15.2 Å². The first kappa shape index (κ1) is 10.8. The van der Waals surface area contributed by atoms with Crippen LogP contribution >= 0.6 is 34.9 Å². The van der Waals surface area contributed by atoms with E-state index in [9.17, 15) is 4.39 Å². The molecule has 2 heterocycles. The van der Waals surface area contributed by atoms with Gasteiger partial charge in [-0.05, 0) is 30.2 Å². The molecule has 0 radical (unpaired) electrons. The van der Waals surface area contributed by atoms with E-state index in [0.717, 1.165) is 8.68 Å². The van der Waals surface area contributed by atoms with Gasteiger partial charge in [0.25, 0.3) is 0 Å².